The molecule has 4 heteroatoms. The third-order valence-corrected chi connectivity index (χ3v) is 6.16. The van der Waals surface area contributed by atoms with E-state index in [2.05, 4.69) is 11.9 Å². The highest BCUT2D eigenvalue weighted by atomic mass is 19.4. The summed E-state index contributed by atoms with van der Waals surface area (Å²) < 4.78 is 38.4. The van der Waals surface area contributed by atoms with Gasteiger partial charge in [-0.3, -0.25) is 0 Å². The average Bonchev–Trinajstić information content (AvgIpc) is 3.16. The van der Waals surface area contributed by atoms with Gasteiger partial charge in [-0.15, -0.1) is 0 Å². The summed E-state index contributed by atoms with van der Waals surface area (Å²) in [6.07, 6.45) is 0.586. The topological polar surface area (TPSA) is 3.24 Å². The fourth-order valence-corrected chi connectivity index (χ4v) is 5.09. The van der Waals surface area contributed by atoms with E-state index in [1.54, 1.807) is 12.1 Å². The van der Waals surface area contributed by atoms with Crippen molar-refractivity contribution in [3.05, 3.63) is 35.4 Å². The fraction of sp³-hybridized carbons (Fsp3) is 0.667. The first-order chi connectivity index (χ1) is 10.4. The number of fused-ring (bicyclic) bond motifs is 1. The molecular formula is C18H22F3N. The average molecular weight is 309 g/mol. The molecule has 2 saturated carbocycles. The van der Waals surface area contributed by atoms with Crippen LogP contribution in [0.25, 0.3) is 0 Å². The number of hydrogen-bond acceptors (Lipinski definition) is 1. The molecule has 0 bridgehead atoms. The molecule has 4 rings (SSSR count). The molecule has 2 unspecified atom stereocenters. The number of nitrogens with zero attached hydrogens (tertiary/aromatic N) is 1. The molecule has 2 aliphatic carbocycles. The molecule has 0 N–H and O–H groups in total. The summed E-state index contributed by atoms with van der Waals surface area (Å²) >= 11 is 0. The molecule has 0 aromatic heterocycles. The molecular weight excluding hydrogens is 287 g/mol. The standard InChI is InChI=1S/C18H22F3N/c1-22-10-12-8-17(14-2-3-14,9-13(12)11-22)15-4-6-16(7-5-15)18(19,20)21/h4-7,12-14H,2-3,8-11H2,1H3. The number of rotatable bonds is 2. The van der Waals surface area contributed by atoms with Crippen LogP contribution in [0.5, 0.6) is 0 Å². The quantitative estimate of drug-likeness (QED) is 0.786. The van der Waals surface area contributed by atoms with Gasteiger partial charge in [-0.25, -0.2) is 0 Å². The Morgan fingerprint density at radius 1 is 1.00 bits per heavy atom. The Balaban J connectivity index is 1.64. The maximum atomic E-state index is 12.8. The number of alkyl halides is 3. The zero-order valence-corrected chi connectivity index (χ0v) is 12.9. The summed E-state index contributed by atoms with van der Waals surface area (Å²) in [5.41, 5.74) is 0.779. The maximum Gasteiger partial charge on any atom is 0.416 e. The molecule has 0 radical (unpaired) electrons. The number of hydrogen-bond donors (Lipinski definition) is 0. The van der Waals surface area contributed by atoms with Gasteiger partial charge < -0.3 is 4.90 Å². The van der Waals surface area contributed by atoms with Crippen LogP contribution in [0.4, 0.5) is 13.2 Å². The van der Waals surface area contributed by atoms with Gasteiger partial charge in [0.05, 0.1) is 5.56 Å². The summed E-state index contributed by atoms with van der Waals surface area (Å²) in [7, 11) is 2.18. The number of benzene rings is 1. The molecule has 3 aliphatic rings. The number of halogens is 3. The summed E-state index contributed by atoms with van der Waals surface area (Å²) in [5.74, 6) is 2.15. The Labute approximate surface area is 129 Å². The van der Waals surface area contributed by atoms with Crippen LogP contribution in [-0.2, 0) is 11.6 Å². The summed E-state index contributed by atoms with van der Waals surface area (Å²) in [6, 6.07) is 6.07. The van der Waals surface area contributed by atoms with Gasteiger partial charge in [-0.05, 0) is 73.6 Å². The molecule has 1 aliphatic heterocycles. The van der Waals surface area contributed by atoms with E-state index in [1.165, 1.54) is 25.0 Å². The largest absolute Gasteiger partial charge is 0.416 e. The van der Waals surface area contributed by atoms with E-state index in [-0.39, 0.29) is 5.41 Å². The third kappa shape index (κ3) is 2.27. The lowest BCUT2D eigenvalue weighted by atomic mass is 9.73. The highest BCUT2D eigenvalue weighted by Gasteiger charge is 2.55. The SMILES string of the molecule is CN1CC2CC(c3ccc(C(F)(F)F)cc3)(C3CC3)CC2C1. The van der Waals surface area contributed by atoms with E-state index in [4.69, 9.17) is 0 Å². The minimum atomic E-state index is -4.24. The minimum Gasteiger partial charge on any atom is -0.306 e. The Morgan fingerprint density at radius 3 is 2.00 bits per heavy atom. The van der Waals surface area contributed by atoms with Crippen LogP contribution >= 0.6 is 0 Å². The lowest BCUT2D eigenvalue weighted by Gasteiger charge is -2.32. The molecule has 22 heavy (non-hydrogen) atoms. The van der Waals surface area contributed by atoms with E-state index in [0.717, 1.165) is 43.3 Å². The van der Waals surface area contributed by atoms with Gasteiger partial charge in [0.25, 0.3) is 0 Å². The van der Waals surface area contributed by atoms with Crippen molar-refractivity contribution in [2.75, 3.05) is 20.1 Å². The van der Waals surface area contributed by atoms with Crippen LogP contribution < -0.4 is 0 Å². The van der Waals surface area contributed by atoms with Crippen molar-refractivity contribution in [2.45, 2.75) is 37.3 Å². The van der Waals surface area contributed by atoms with Crippen LogP contribution in [0.3, 0.4) is 0 Å². The lowest BCUT2D eigenvalue weighted by molar-refractivity contribution is -0.137. The summed E-state index contributed by atoms with van der Waals surface area (Å²) in [5, 5.41) is 0. The van der Waals surface area contributed by atoms with E-state index < -0.39 is 11.7 Å². The van der Waals surface area contributed by atoms with Crippen molar-refractivity contribution in [2.24, 2.45) is 17.8 Å². The predicted molar refractivity (Wildman–Crippen MR) is 79.6 cm³/mol. The van der Waals surface area contributed by atoms with E-state index in [9.17, 15) is 13.2 Å². The normalized spacial score (nSPS) is 35.8. The van der Waals surface area contributed by atoms with Gasteiger partial charge in [0.2, 0.25) is 0 Å². The maximum absolute atomic E-state index is 12.8. The molecule has 1 heterocycles. The Kier molecular flexibility index (Phi) is 3.13. The van der Waals surface area contributed by atoms with Crippen molar-refractivity contribution in [3.8, 4) is 0 Å². The zero-order valence-electron chi connectivity index (χ0n) is 12.9. The fourth-order valence-electron chi connectivity index (χ4n) is 5.09. The molecule has 1 aromatic rings. The Hall–Kier alpha value is -1.03. The lowest BCUT2D eigenvalue weighted by Crippen LogP contribution is -2.29. The van der Waals surface area contributed by atoms with Gasteiger partial charge in [-0.1, -0.05) is 12.1 Å². The van der Waals surface area contributed by atoms with Crippen molar-refractivity contribution in [1.29, 1.82) is 0 Å². The second-order valence-electron chi connectivity index (χ2n) is 7.66. The van der Waals surface area contributed by atoms with Crippen LogP contribution in [0.2, 0.25) is 0 Å². The molecule has 0 amide bonds. The first kappa shape index (κ1) is 14.6. The minimum absolute atomic E-state index is 0.153. The zero-order chi connectivity index (χ0) is 15.5. The Bertz CT molecular complexity index is 545. The molecule has 120 valence electrons. The molecule has 2 atom stereocenters. The number of likely N-dealkylation sites (tertiary alicyclic amines) is 1. The van der Waals surface area contributed by atoms with Crippen LogP contribution in [0.15, 0.2) is 24.3 Å². The molecule has 1 aromatic carbocycles. The van der Waals surface area contributed by atoms with E-state index >= 15 is 0 Å². The van der Waals surface area contributed by atoms with Gasteiger partial charge in [0, 0.05) is 13.1 Å². The van der Waals surface area contributed by atoms with Crippen LogP contribution in [0, 0.1) is 17.8 Å². The van der Waals surface area contributed by atoms with Crippen LogP contribution in [0.1, 0.15) is 36.8 Å². The highest BCUT2D eigenvalue weighted by molar-refractivity contribution is 5.34. The van der Waals surface area contributed by atoms with Gasteiger partial charge >= 0.3 is 6.18 Å². The summed E-state index contributed by atoms with van der Waals surface area (Å²) in [4.78, 5) is 2.40. The van der Waals surface area contributed by atoms with Crippen molar-refractivity contribution < 1.29 is 13.2 Å². The summed E-state index contributed by atoms with van der Waals surface area (Å²) in [6.45, 7) is 2.31. The van der Waals surface area contributed by atoms with Crippen molar-refractivity contribution in [3.63, 3.8) is 0 Å². The van der Waals surface area contributed by atoms with E-state index in [0.29, 0.717) is 5.92 Å². The van der Waals surface area contributed by atoms with Crippen LogP contribution in [-0.4, -0.2) is 25.0 Å². The monoisotopic (exact) mass is 309 g/mol. The smallest absolute Gasteiger partial charge is 0.306 e. The predicted octanol–water partition coefficient (Wildman–Crippen LogP) is 4.32. The van der Waals surface area contributed by atoms with E-state index in [1.807, 2.05) is 0 Å². The van der Waals surface area contributed by atoms with Gasteiger partial charge in [0.1, 0.15) is 0 Å². The van der Waals surface area contributed by atoms with Crippen molar-refractivity contribution in [1.82, 2.24) is 4.90 Å². The molecule has 0 spiro atoms. The molecule has 1 saturated heterocycles. The third-order valence-electron chi connectivity index (χ3n) is 6.16. The molecule has 3 fully saturated rings. The molecule has 1 nitrogen and oxygen atoms in total. The van der Waals surface area contributed by atoms with Gasteiger partial charge in [0.15, 0.2) is 0 Å². The van der Waals surface area contributed by atoms with Gasteiger partial charge in [-0.2, -0.15) is 13.2 Å². The second kappa shape index (κ2) is 4.73. The highest BCUT2D eigenvalue weighted by Crippen LogP contribution is 2.60. The first-order valence-electron chi connectivity index (χ1n) is 8.25. The second-order valence-corrected chi connectivity index (χ2v) is 7.66. The Morgan fingerprint density at radius 2 is 1.55 bits per heavy atom. The van der Waals surface area contributed by atoms with Crippen molar-refractivity contribution >= 4 is 0 Å². The first-order valence-corrected chi connectivity index (χ1v) is 8.25.